The second-order valence-electron chi connectivity index (χ2n) is 15.0. The van der Waals surface area contributed by atoms with Gasteiger partial charge in [-0.3, -0.25) is 4.52 Å². The van der Waals surface area contributed by atoms with Crippen LogP contribution in [0.3, 0.4) is 0 Å². The van der Waals surface area contributed by atoms with Gasteiger partial charge in [-0.05, 0) is 62.7 Å². The van der Waals surface area contributed by atoms with Crippen LogP contribution in [0, 0.1) is 21.7 Å². The van der Waals surface area contributed by atoms with Gasteiger partial charge in [0.2, 0.25) is 0 Å². The smallest absolute Gasteiger partial charge is 0.328 e. The van der Waals surface area contributed by atoms with Crippen LogP contribution < -0.4 is 0 Å². The summed E-state index contributed by atoms with van der Waals surface area (Å²) in [4.78, 5) is 19.8. The van der Waals surface area contributed by atoms with Gasteiger partial charge in [0.15, 0.2) is 0 Å². The Bertz CT molecular complexity index is 875. The minimum atomic E-state index is -2.55. The Kier molecular flexibility index (Phi) is 9.02. The number of hydrogen-bond acceptors (Lipinski definition) is 3. The quantitative estimate of drug-likeness (QED) is 0.377. The maximum atomic E-state index is 9.92. The molecule has 0 heterocycles. The van der Waals surface area contributed by atoms with E-state index in [4.69, 9.17) is 4.52 Å². The predicted octanol–water partition coefficient (Wildman–Crippen LogP) is 9.53. The summed E-state index contributed by atoms with van der Waals surface area (Å²) < 4.78 is 5.86. The first-order valence-electron chi connectivity index (χ1n) is 13.2. The minimum Gasteiger partial charge on any atom is -0.328 e. The molecule has 0 unspecified atom stereocenters. The van der Waals surface area contributed by atoms with Crippen molar-refractivity contribution in [3.8, 4) is 0 Å². The summed E-state index contributed by atoms with van der Waals surface area (Å²) >= 11 is 0. The number of rotatable bonds is 6. The Hall–Kier alpha value is -1.25. The molecule has 4 heteroatoms. The van der Waals surface area contributed by atoms with Crippen molar-refractivity contribution in [2.45, 2.75) is 107 Å². The summed E-state index contributed by atoms with van der Waals surface area (Å²) in [5, 5.41) is 0. The largest absolute Gasteiger partial charge is 0.328 e. The van der Waals surface area contributed by atoms with E-state index in [1.807, 2.05) is 6.92 Å². The number of benzene rings is 2. The summed E-state index contributed by atoms with van der Waals surface area (Å²) in [6.07, 6.45) is 0. The van der Waals surface area contributed by atoms with E-state index in [9.17, 15) is 9.79 Å². The van der Waals surface area contributed by atoms with Crippen LogP contribution in [-0.4, -0.2) is 9.79 Å². The molecule has 0 aliphatic carbocycles. The zero-order valence-electron chi connectivity index (χ0n) is 25.0. The highest BCUT2D eigenvalue weighted by Crippen LogP contribution is 2.50. The van der Waals surface area contributed by atoms with Crippen LogP contribution >= 0.6 is 8.60 Å². The zero-order valence-corrected chi connectivity index (χ0v) is 25.9. The molecule has 0 saturated heterocycles. The van der Waals surface area contributed by atoms with Gasteiger partial charge in [-0.25, -0.2) is 0 Å². The first kappa shape index (κ1) is 31.0. The highest BCUT2D eigenvalue weighted by atomic mass is 31.2. The Morgan fingerprint density at radius 1 is 0.500 bits per heavy atom. The molecular formula is C32H51O3P. The molecule has 0 spiro atoms. The fourth-order valence-corrected chi connectivity index (χ4v) is 7.56. The van der Waals surface area contributed by atoms with E-state index in [1.165, 1.54) is 11.1 Å². The van der Waals surface area contributed by atoms with E-state index < -0.39 is 14.2 Å². The summed E-state index contributed by atoms with van der Waals surface area (Å²) in [5.74, 6) is 0.732. The lowest BCUT2D eigenvalue weighted by atomic mass is 9.63. The molecule has 0 bridgehead atoms. The third-order valence-corrected chi connectivity index (χ3v) is 7.85. The van der Waals surface area contributed by atoms with Gasteiger partial charge in [0.1, 0.15) is 5.60 Å². The lowest BCUT2D eigenvalue weighted by Gasteiger charge is -2.42. The fourth-order valence-electron chi connectivity index (χ4n) is 7.02. The van der Waals surface area contributed by atoms with Crippen molar-refractivity contribution in [1.82, 2.24) is 0 Å². The maximum Gasteiger partial charge on any atom is 0.328 e. The Morgan fingerprint density at radius 3 is 0.944 bits per heavy atom. The molecule has 0 atom stereocenters. The number of hydrogen-bond donors (Lipinski definition) is 2. The Balaban J connectivity index is 2.56. The van der Waals surface area contributed by atoms with Gasteiger partial charge in [-0.2, -0.15) is 0 Å². The molecule has 2 N–H and O–H groups in total. The summed E-state index contributed by atoms with van der Waals surface area (Å²) in [7, 11) is -2.55. The van der Waals surface area contributed by atoms with Gasteiger partial charge in [-0.15, -0.1) is 0 Å². The Labute approximate surface area is 222 Å². The van der Waals surface area contributed by atoms with Crippen LogP contribution in [0.25, 0.3) is 0 Å². The molecular weight excluding hydrogens is 463 g/mol. The van der Waals surface area contributed by atoms with E-state index in [0.29, 0.717) is 11.8 Å². The molecule has 0 aromatic heterocycles. The van der Waals surface area contributed by atoms with Gasteiger partial charge in [-0.1, -0.05) is 132 Å². The molecule has 202 valence electrons. The highest BCUT2D eigenvalue weighted by molar-refractivity contribution is 7.39. The average Bonchev–Trinajstić information content (AvgIpc) is 2.64. The molecule has 0 aliphatic rings. The van der Waals surface area contributed by atoms with E-state index in [2.05, 4.69) is 132 Å². The normalized spacial score (nSPS) is 14.3. The Morgan fingerprint density at radius 2 is 0.750 bits per heavy atom. The van der Waals surface area contributed by atoms with Gasteiger partial charge in [0.25, 0.3) is 0 Å². The lowest BCUT2D eigenvalue weighted by molar-refractivity contribution is 0.110. The summed E-state index contributed by atoms with van der Waals surface area (Å²) in [5.41, 5.74) is 3.82. The molecule has 2 aromatic carbocycles. The molecule has 0 saturated carbocycles. The van der Waals surface area contributed by atoms with Crippen molar-refractivity contribution in [1.29, 1.82) is 0 Å². The van der Waals surface area contributed by atoms with Crippen LogP contribution in [-0.2, 0) is 10.1 Å². The molecule has 0 aliphatic heterocycles. The van der Waals surface area contributed by atoms with Crippen molar-refractivity contribution in [2.75, 3.05) is 0 Å². The van der Waals surface area contributed by atoms with Crippen LogP contribution in [0.15, 0.2) is 48.5 Å². The van der Waals surface area contributed by atoms with E-state index >= 15 is 0 Å². The molecule has 3 nitrogen and oxygen atoms in total. The fraction of sp³-hybridized carbons (Fsp3) is 0.625. The van der Waals surface area contributed by atoms with E-state index in [0.717, 1.165) is 11.1 Å². The summed E-state index contributed by atoms with van der Waals surface area (Å²) in [6.45, 7) is 29.4. The van der Waals surface area contributed by atoms with Crippen LogP contribution in [0.4, 0.5) is 0 Å². The van der Waals surface area contributed by atoms with Crippen molar-refractivity contribution in [3.05, 3.63) is 70.8 Å². The van der Waals surface area contributed by atoms with Crippen LogP contribution in [0.5, 0.6) is 0 Å². The summed E-state index contributed by atoms with van der Waals surface area (Å²) in [6, 6.07) is 17.0. The van der Waals surface area contributed by atoms with Crippen molar-refractivity contribution in [3.63, 3.8) is 0 Å². The van der Waals surface area contributed by atoms with Gasteiger partial charge in [0, 0.05) is 0 Å². The monoisotopic (exact) mass is 514 g/mol. The molecule has 0 amide bonds. The van der Waals surface area contributed by atoms with E-state index in [-0.39, 0.29) is 21.7 Å². The van der Waals surface area contributed by atoms with E-state index in [1.54, 1.807) is 0 Å². The molecule has 36 heavy (non-hydrogen) atoms. The van der Waals surface area contributed by atoms with Crippen LogP contribution in [0.2, 0.25) is 0 Å². The maximum absolute atomic E-state index is 9.92. The first-order valence-corrected chi connectivity index (χ1v) is 14.3. The van der Waals surface area contributed by atoms with Gasteiger partial charge < -0.3 is 9.79 Å². The lowest BCUT2D eigenvalue weighted by Crippen LogP contribution is -2.31. The predicted molar refractivity (Wildman–Crippen MR) is 155 cm³/mol. The third-order valence-electron chi connectivity index (χ3n) is 7.32. The standard InChI is InChI=1S/C32H51O3P/c1-28(2,3)26(29(4,5)6)22-14-18-24(19-15-22)32(13,35-36(33)34)25-20-16-23(17-21-25)27(30(7,8)9)31(10,11)12/h14-21,26-27,33-34H,1-13H3. The average molecular weight is 515 g/mol. The minimum absolute atomic E-state index is 0.108. The second kappa shape index (κ2) is 10.5. The van der Waals surface area contributed by atoms with Gasteiger partial charge >= 0.3 is 8.60 Å². The highest BCUT2D eigenvalue weighted by Gasteiger charge is 2.39. The van der Waals surface area contributed by atoms with Crippen molar-refractivity contribution < 1.29 is 14.3 Å². The molecule has 2 rings (SSSR count). The van der Waals surface area contributed by atoms with Crippen molar-refractivity contribution in [2.24, 2.45) is 21.7 Å². The van der Waals surface area contributed by atoms with Crippen molar-refractivity contribution >= 4 is 8.60 Å². The SMILES string of the molecule is CC(OP(O)O)(c1ccc(C(C(C)(C)C)C(C)(C)C)cc1)c1ccc(C(C(C)(C)C)C(C)(C)C)cc1. The molecule has 2 aromatic rings. The second-order valence-corrected chi connectivity index (χ2v) is 15.6. The van der Waals surface area contributed by atoms with Gasteiger partial charge in [0.05, 0.1) is 0 Å². The zero-order chi connectivity index (χ0) is 27.9. The van der Waals surface area contributed by atoms with Crippen LogP contribution in [0.1, 0.15) is 124 Å². The molecule has 0 fully saturated rings. The third kappa shape index (κ3) is 7.19. The molecule has 0 radical (unpaired) electrons. The topological polar surface area (TPSA) is 49.7 Å². The first-order chi connectivity index (χ1) is 16.1.